The molecule has 196 valence electrons. The van der Waals surface area contributed by atoms with Crippen molar-refractivity contribution in [3.63, 3.8) is 0 Å². The number of rotatable bonds is 11. The van der Waals surface area contributed by atoms with Gasteiger partial charge in [-0.2, -0.15) is 4.31 Å². The van der Waals surface area contributed by atoms with Crippen LogP contribution in [-0.4, -0.2) is 73.1 Å². The molecule has 4 rings (SSSR count). The number of hydrogen-bond acceptors (Lipinski definition) is 6. The van der Waals surface area contributed by atoms with Crippen molar-refractivity contribution in [1.29, 1.82) is 0 Å². The average Bonchev–Trinajstić information content (AvgIpc) is 3.44. The number of carbonyl (C=O) groups excluding carboxylic acids is 1. The molecular formula is C28H33N3O4S2. The molecule has 1 heterocycles. The maximum absolute atomic E-state index is 13.5. The van der Waals surface area contributed by atoms with Crippen molar-refractivity contribution >= 4 is 27.7 Å². The molecule has 1 aliphatic heterocycles. The molecule has 3 aromatic rings. The molecule has 7 nitrogen and oxygen atoms in total. The Bertz CT molecular complexity index is 1260. The van der Waals surface area contributed by atoms with E-state index >= 15 is 0 Å². The summed E-state index contributed by atoms with van der Waals surface area (Å²) in [6.07, 6.45) is 0.636. The lowest BCUT2D eigenvalue weighted by Crippen LogP contribution is -2.46. The molecule has 3 aromatic carbocycles. The van der Waals surface area contributed by atoms with Crippen LogP contribution in [0.1, 0.15) is 18.0 Å². The molecule has 0 aromatic heterocycles. The monoisotopic (exact) mass is 539 g/mol. The summed E-state index contributed by atoms with van der Waals surface area (Å²) >= 11 is 1.34. The Morgan fingerprint density at radius 2 is 1.62 bits per heavy atom. The Morgan fingerprint density at radius 3 is 2.27 bits per heavy atom. The molecule has 0 spiro atoms. The Hall–Kier alpha value is -2.69. The SMILES string of the molecule is CN(CCO)CC[C@H](NC(=O)[C@@H]1SCCN1S(=O)(=O)c1ccc(-c2ccccc2)cc1)c1ccccc1. The van der Waals surface area contributed by atoms with Gasteiger partial charge in [0.05, 0.1) is 17.5 Å². The number of nitrogens with zero attached hydrogens (tertiary/aromatic N) is 2. The van der Waals surface area contributed by atoms with Gasteiger partial charge in [-0.05, 0) is 42.3 Å². The number of amides is 1. The molecule has 1 fully saturated rings. The number of sulfonamides is 1. The maximum Gasteiger partial charge on any atom is 0.249 e. The Labute approximate surface area is 223 Å². The molecule has 1 aliphatic rings. The van der Waals surface area contributed by atoms with Crippen LogP contribution >= 0.6 is 11.8 Å². The van der Waals surface area contributed by atoms with E-state index < -0.39 is 15.4 Å². The van der Waals surface area contributed by atoms with Crippen LogP contribution in [0.3, 0.4) is 0 Å². The van der Waals surface area contributed by atoms with Gasteiger partial charge in [-0.1, -0.05) is 72.8 Å². The van der Waals surface area contributed by atoms with Crippen molar-refractivity contribution in [2.75, 3.05) is 39.0 Å². The van der Waals surface area contributed by atoms with Crippen LogP contribution < -0.4 is 5.32 Å². The largest absolute Gasteiger partial charge is 0.395 e. The van der Waals surface area contributed by atoms with E-state index in [0.29, 0.717) is 25.3 Å². The van der Waals surface area contributed by atoms with Crippen LogP contribution in [0.5, 0.6) is 0 Å². The predicted molar refractivity (Wildman–Crippen MR) is 149 cm³/mol. The quantitative estimate of drug-likeness (QED) is 0.387. The predicted octanol–water partition coefficient (Wildman–Crippen LogP) is 3.59. The second-order valence-electron chi connectivity index (χ2n) is 9.02. The summed E-state index contributed by atoms with van der Waals surface area (Å²) in [5, 5.41) is 11.5. The van der Waals surface area contributed by atoms with Crippen LogP contribution in [0.4, 0.5) is 0 Å². The average molecular weight is 540 g/mol. The first-order valence-electron chi connectivity index (χ1n) is 12.3. The van der Waals surface area contributed by atoms with Gasteiger partial charge in [0.25, 0.3) is 0 Å². The number of likely N-dealkylation sites (N-methyl/N-ethyl adjacent to an activating group) is 1. The zero-order valence-electron chi connectivity index (χ0n) is 20.9. The van der Waals surface area contributed by atoms with E-state index in [1.807, 2.05) is 72.6 Å². The number of hydrogen-bond donors (Lipinski definition) is 2. The molecular weight excluding hydrogens is 506 g/mol. The highest BCUT2D eigenvalue weighted by Gasteiger charge is 2.40. The summed E-state index contributed by atoms with van der Waals surface area (Å²) in [5.74, 6) is 0.236. The van der Waals surface area contributed by atoms with Gasteiger partial charge >= 0.3 is 0 Å². The first kappa shape index (κ1) is 27.3. The number of thioether (sulfide) groups is 1. The van der Waals surface area contributed by atoms with Crippen molar-refractivity contribution in [3.05, 3.63) is 90.5 Å². The molecule has 37 heavy (non-hydrogen) atoms. The molecule has 1 saturated heterocycles. The van der Waals surface area contributed by atoms with Crippen LogP contribution in [0.2, 0.25) is 0 Å². The molecule has 0 unspecified atom stereocenters. The molecule has 9 heteroatoms. The van der Waals surface area contributed by atoms with Crippen molar-refractivity contribution in [1.82, 2.24) is 14.5 Å². The normalized spacial score (nSPS) is 17.1. The Kier molecular flexibility index (Phi) is 9.39. The van der Waals surface area contributed by atoms with Gasteiger partial charge in [0.15, 0.2) is 0 Å². The van der Waals surface area contributed by atoms with Gasteiger partial charge in [-0.3, -0.25) is 4.79 Å². The van der Waals surface area contributed by atoms with Crippen molar-refractivity contribution < 1.29 is 18.3 Å². The lowest BCUT2D eigenvalue weighted by molar-refractivity contribution is -0.123. The number of carbonyl (C=O) groups is 1. The number of aliphatic hydroxyl groups excluding tert-OH is 1. The molecule has 0 aliphatic carbocycles. The molecule has 0 bridgehead atoms. The van der Waals surface area contributed by atoms with E-state index in [4.69, 9.17) is 0 Å². The maximum atomic E-state index is 13.5. The van der Waals surface area contributed by atoms with Gasteiger partial charge in [-0.25, -0.2) is 8.42 Å². The fraction of sp³-hybridized carbons (Fsp3) is 0.321. The van der Waals surface area contributed by atoms with Crippen LogP contribution in [0.15, 0.2) is 89.8 Å². The second kappa shape index (κ2) is 12.7. The zero-order valence-corrected chi connectivity index (χ0v) is 22.5. The van der Waals surface area contributed by atoms with Gasteiger partial charge in [0.1, 0.15) is 5.37 Å². The lowest BCUT2D eigenvalue weighted by Gasteiger charge is -2.27. The minimum Gasteiger partial charge on any atom is -0.395 e. The Balaban J connectivity index is 1.49. The summed E-state index contributed by atoms with van der Waals surface area (Å²) in [5.41, 5.74) is 2.90. The van der Waals surface area contributed by atoms with E-state index in [1.54, 1.807) is 24.3 Å². The topological polar surface area (TPSA) is 89.9 Å². The third kappa shape index (κ3) is 6.80. The smallest absolute Gasteiger partial charge is 0.249 e. The van der Waals surface area contributed by atoms with Gasteiger partial charge in [0.2, 0.25) is 15.9 Å². The standard InChI is InChI=1S/C28H33N3O4S2/c1-30(18-20-32)17-16-26(24-10-6-3-7-11-24)29-27(33)28-31(19-21-36-28)37(34,35)25-14-12-23(13-15-25)22-8-4-2-5-9-22/h2-15,26,28,32H,16-21H2,1H3,(H,29,33)/t26-,28-/m0/s1. The fourth-order valence-electron chi connectivity index (χ4n) is 4.38. The molecule has 0 radical (unpaired) electrons. The molecule has 2 atom stereocenters. The van der Waals surface area contributed by atoms with Crippen LogP contribution in [-0.2, 0) is 14.8 Å². The minimum absolute atomic E-state index is 0.0662. The van der Waals surface area contributed by atoms with Gasteiger partial charge < -0.3 is 15.3 Å². The number of aliphatic hydroxyl groups is 1. The van der Waals surface area contributed by atoms with Gasteiger partial charge in [-0.15, -0.1) is 11.8 Å². The lowest BCUT2D eigenvalue weighted by atomic mass is 10.0. The first-order valence-corrected chi connectivity index (χ1v) is 14.8. The summed E-state index contributed by atoms with van der Waals surface area (Å²) in [4.78, 5) is 15.6. The van der Waals surface area contributed by atoms with E-state index in [1.165, 1.54) is 16.1 Å². The summed E-state index contributed by atoms with van der Waals surface area (Å²) in [6.45, 7) is 1.56. The third-order valence-electron chi connectivity index (χ3n) is 6.44. The van der Waals surface area contributed by atoms with Crippen molar-refractivity contribution in [3.8, 4) is 11.1 Å². The third-order valence-corrected chi connectivity index (χ3v) is 9.66. The number of benzene rings is 3. The highest BCUT2D eigenvalue weighted by Crippen LogP contribution is 2.32. The van der Waals surface area contributed by atoms with E-state index in [-0.39, 0.29) is 30.0 Å². The van der Waals surface area contributed by atoms with E-state index in [2.05, 4.69) is 5.32 Å². The van der Waals surface area contributed by atoms with Crippen LogP contribution in [0.25, 0.3) is 11.1 Å². The minimum atomic E-state index is -3.85. The van der Waals surface area contributed by atoms with Crippen molar-refractivity contribution in [2.24, 2.45) is 0 Å². The summed E-state index contributed by atoms with van der Waals surface area (Å²) in [6, 6.07) is 26.0. The first-order chi connectivity index (χ1) is 17.9. The zero-order chi connectivity index (χ0) is 26.3. The summed E-state index contributed by atoms with van der Waals surface area (Å²) in [7, 11) is -1.93. The van der Waals surface area contributed by atoms with Crippen LogP contribution in [0, 0.1) is 0 Å². The fourth-order valence-corrected chi connectivity index (χ4v) is 7.46. The molecule has 0 saturated carbocycles. The highest BCUT2D eigenvalue weighted by atomic mass is 32.2. The van der Waals surface area contributed by atoms with E-state index in [0.717, 1.165) is 16.7 Å². The second-order valence-corrected chi connectivity index (χ2v) is 12.1. The van der Waals surface area contributed by atoms with Gasteiger partial charge in [0, 0.05) is 25.4 Å². The van der Waals surface area contributed by atoms with Crippen molar-refractivity contribution in [2.45, 2.75) is 22.7 Å². The number of nitrogens with one attached hydrogen (secondary N) is 1. The van der Waals surface area contributed by atoms with E-state index in [9.17, 15) is 18.3 Å². The molecule has 1 amide bonds. The highest BCUT2D eigenvalue weighted by molar-refractivity contribution is 8.02. The summed E-state index contributed by atoms with van der Waals surface area (Å²) < 4.78 is 28.4. The molecule has 2 N–H and O–H groups in total. The Morgan fingerprint density at radius 1 is 1.00 bits per heavy atom.